The Morgan fingerprint density at radius 1 is 1.26 bits per heavy atom. The van der Waals surface area contributed by atoms with Crippen LogP contribution in [0.5, 0.6) is 0 Å². The molecule has 1 aliphatic rings. The molecular weight excluding hydrogens is 320 g/mol. The van der Waals surface area contributed by atoms with Crippen molar-refractivity contribution in [3.05, 3.63) is 0 Å². The van der Waals surface area contributed by atoms with E-state index in [0.717, 1.165) is 12.8 Å². The van der Waals surface area contributed by atoms with E-state index in [1.807, 2.05) is 6.92 Å². The summed E-state index contributed by atoms with van der Waals surface area (Å²) < 4.78 is 25.9. The SMILES string of the molecule is CCCC(CNC(=O)C1CCCCN1S(=O)(=O)CCC)C(=O)O. The maximum atomic E-state index is 12.4. The lowest BCUT2D eigenvalue weighted by Gasteiger charge is -2.33. The average Bonchev–Trinajstić information content (AvgIpc) is 2.50. The monoisotopic (exact) mass is 348 g/mol. The van der Waals surface area contributed by atoms with Crippen LogP contribution in [0.2, 0.25) is 0 Å². The van der Waals surface area contributed by atoms with Crippen molar-refractivity contribution in [1.29, 1.82) is 0 Å². The summed E-state index contributed by atoms with van der Waals surface area (Å²) in [5.74, 6) is -1.92. The predicted molar refractivity (Wildman–Crippen MR) is 87.5 cm³/mol. The highest BCUT2D eigenvalue weighted by molar-refractivity contribution is 7.89. The van der Waals surface area contributed by atoms with Crippen molar-refractivity contribution in [3.63, 3.8) is 0 Å². The minimum absolute atomic E-state index is 0.0321. The lowest BCUT2D eigenvalue weighted by molar-refractivity contribution is -0.142. The highest BCUT2D eigenvalue weighted by atomic mass is 32.2. The molecule has 1 heterocycles. The van der Waals surface area contributed by atoms with Crippen molar-refractivity contribution < 1.29 is 23.1 Å². The quantitative estimate of drug-likeness (QED) is 0.651. The summed E-state index contributed by atoms with van der Waals surface area (Å²) in [5, 5.41) is 11.8. The van der Waals surface area contributed by atoms with Gasteiger partial charge in [0.2, 0.25) is 15.9 Å². The minimum Gasteiger partial charge on any atom is -0.481 e. The lowest BCUT2D eigenvalue weighted by Crippen LogP contribution is -2.53. The van der Waals surface area contributed by atoms with Crippen molar-refractivity contribution in [1.82, 2.24) is 9.62 Å². The summed E-state index contributed by atoms with van der Waals surface area (Å²) >= 11 is 0. The van der Waals surface area contributed by atoms with Gasteiger partial charge >= 0.3 is 5.97 Å². The Morgan fingerprint density at radius 2 is 1.96 bits per heavy atom. The topological polar surface area (TPSA) is 104 Å². The Labute approximate surface area is 138 Å². The third-order valence-electron chi connectivity index (χ3n) is 4.08. The number of nitrogens with one attached hydrogen (secondary N) is 1. The van der Waals surface area contributed by atoms with E-state index in [2.05, 4.69) is 5.32 Å². The summed E-state index contributed by atoms with van der Waals surface area (Å²) in [6.45, 7) is 4.08. The first-order valence-corrected chi connectivity index (χ1v) is 9.94. The molecule has 0 aliphatic carbocycles. The summed E-state index contributed by atoms with van der Waals surface area (Å²) in [6, 6.07) is -0.712. The first kappa shape index (κ1) is 19.9. The maximum Gasteiger partial charge on any atom is 0.308 e. The predicted octanol–water partition coefficient (Wildman–Crippen LogP) is 1.20. The largest absolute Gasteiger partial charge is 0.481 e. The molecule has 2 unspecified atom stereocenters. The van der Waals surface area contributed by atoms with E-state index in [4.69, 9.17) is 5.11 Å². The minimum atomic E-state index is -3.44. The van der Waals surface area contributed by atoms with Crippen molar-refractivity contribution in [2.45, 2.75) is 58.4 Å². The van der Waals surface area contributed by atoms with E-state index in [1.54, 1.807) is 6.92 Å². The molecule has 0 saturated carbocycles. The van der Waals surface area contributed by atoms with Crippen LogP contribution in [-0.2, 0) is 19.6 Å². The summed E-state index contributed by atoms with van der Waals surface area (Å²) in [7, 11) is -3.44. The Hall–Kier alpha value is -1.15. The van der Waals surface area contributed by atoms with Gasteiger partial charge in [-0.05, 0) is 25.7 Å². The van der Waals surface area contributed by atoms with Crippen LogP contribution in [0.25, 0.3) is 0 Å². The molecule has 1 rings (SSSR count). The van der Waals surface area contributed by atoms with Gasteiger partial charge in [-0.25, -0.2) is 8.42 Å². The highest BCUT2D eigenvalue weighted by Gasteiger charge is 2.36. The molecular formula is C15H28N2O5S. The molecule has 0 spiro atoms. The summed E-state index contributed by atoms with van der Waals surface area (Å²) in [5.41, 5.74) is 0. The standard InChI is InChI=1S/C15H28N2O5S/c1-3-7-12(15(19)20)11-16-14(18)13-8-5-6-9-17(13)23(21,22)10-4-2/h12-13H,3-11H2,1-2H3,(H,16,18)(H,19,20). The normalized spacial score (nSPS) is 20.9. The number of carbonyl (C=O) groups excluding carboxylic acids is 1. The Kier molecular flexibility index (Phi) is 7.98. The number of hydrogen-bond donors (Lipinski definition) is 2. The fourth-order valence-corrected chi connectivity index (χ4v) is 4.62. The lowest BCUT2D eigenvalue weighted by atomic mass is 10.0. The zero-order valence-corrected chi connectivity index (χ0v) is 14.8. The van der Waals surface area contributed by atoms with Crippen LogP contribution in [0, 0.1) is 5.92 Å². The molecule has 7 nitrogen and oxygen atoms in total. The molecule has 0 aromatic heterocycles. The number of hydrogen-bond acceptors (Lipinski definition) is 4. The maximum absolute atomic E-state index is 12.4. The van der Waals surface area contributed by atoms with Crippen LogP contribution >= 0.6 is 0 Å². The second-order valence-electron chi connectivity index (χ2n) is 6.01. The molecule has 23 heavy (non-hydrogen) atoms. The van der Waals surface area contributed by atoms with E-state index >= 15 is 0 Å². The van der Waals surface area contributed by atoms with Gasteiger partial charge < -0.3 is 10.4 Å². The molecule has 1 aliphatic heterocycles. The first-order valence-electron chi connectivity index (χ1n) is 8.33. The Morgan fingerprint density at radius 3 is 2.52 bits per heavy atom. The first-order chi connectivity index (χ1) is 10.8. The number of sulfonamides is 1. The molecule has 0 radical (unpaired) electrons. The van der Waals surface area contributed by atoms with Crippen molar-refractivity contribution in [2.24, 2.45) is 5.92 Å². The van der Waals surface area contributed by atoms with E-state index < -0.39 is 28.0 Å². The number of aliphatic carboxylic acids is 1. The molecule has 1 amide bonds. The number of carbonyl (C=O) groups is 2. The molecule has 8 heteroatoms. The van der Waals surface area contributed by atoms with Crippen molar-refractivity contribution in [2.75, 3.05) is 18.8 Å². The van der Waals surface area contributed by atoms with Crippen LogP contribution in [0.3, 0.4) is 0 Å². The molecule has 134 valence electrons. The summed E-state index contributed by atoms with van der Waals surface area (Å²) in [6.07, 6.45) is 3.74. The summed E-state index contributed by atoms with van der Waals surface area (Å²) in [4.78, 5) is 23.5. The molecule has 2 N–H and O–H groups in total. The zero-order valence-electron chi connectivity index (χ0n) is 14.0. The average molecular weight is 348 g/mol. The second kappa shape index (κ2) is 9.22. The third-order valence-corrected chi connectivity index (χ3v) is 6.16. The highest BCUT2D eigenvalue weighted by Crippen LogP contribution is 2.21. The molecule has 0 aromatic rings. The fourth-order valence-electron chi connectivity index (χ4n) is 2.88. The molecule has 1 saturated heterocycles. The van der Waals surface area contributed by atoms with Gasteiger partial charge in [0.15, 0.2) is 0 Å². The Balaban J connectivity index is 2.73. The molecule has 1 fully saturated rings. The van der Waals surface area contributed by atoms with Crippen LogP contribution < -0.4 is 5.32 Å². The van der Waals surface area contributed by atoms with Crippen LogP contribution in [-0.4, -0.2) is 54.6 Å². The molecule has 0 bridgehead atoms. The zero-order chi connectivity index (χ0) is 17.5. The van der Waals surface area contributed by atoms with Gasteiger partial charge in [-0.2, -0.15) is 4.31 Å². The van der Waals surface area contributed by atoms with Crippen LogP contribution in [0.15, 0.2) is 0 Å². The van der Waals surface area contributed by atoms with E-state index in [1.165, 1.54) is 4.31 Å². The smallest absolute Gasteiger partial charge is 0.308 e. The van der Waals surface area contributed by atoms with E-state index in [0.29, 0.717) is 32.2 Å². The van der Waals surface area contributed by atoms with Crippen LogP contribution in [0.1, 0.15) is 52.4 Å². The van der Waals surface area contributed by atoms with Gasteiger partial charge in [-0.1, -0.05) is 26.7 Å². The van der Waals surface area contributed by atoms with Gasteiger partial charge in [0.25, 0.3) is 0 Å². The van der Waals surface area contributed by atoms with E-state index in [9.17, 15) is 18.0 Å². The number of amides is 1. The molecule has 2 atom stereocenters. The van der Waals surface area contributed by atoms with Gasteiger partial charge in [0.05, 0.1) is 11.7 Å². The van der Waals surface area contributed by atoms with Crippen molar-refractivity contribution >= 4 is 21.9 Å². The van der Waals surface area contributed by atoms with Gasteiger partial charge in [0, 0.05) is 13.1 Å². The fraction of sp³-hybridized carbons (Fsp3) is 0.867. The van der Waals surface area contributed by atoms with Crippen molar-refractivity contribution in [3.8, 4) is 0 Å². The number of carboxylic acids is 1. The second-order valence-corrected chi connectivity index (χ2v) is 8.05. The van der Waals surface area contributed by atoms with E-state index in [-0.39, 0.29) is 18.2 Å². The van der Waals surface area contributed by atoms with Crippen LogP contribution in [0.4, 0.5) is 0 Å². The number of carboxylic acid groups (broad SMARTS) is 1. The Bertz CT molecular complexity index is 506. The molecule has 0 aromatic carbocycles. The number of rotatable bonds is 9. The van der Waals surface area contributed by atoms with Gasteiger partial charge in [-0.3, -0.25) is 9.59 Å². The number of nitrogens with zero attached hydrogens (tertiary/aromatic N) is 1. The van der Waals surface area contributed by atoms with Gasteiger partial charge in [0.1, 0.15) is 6.04 Å². The third kappa shape index (κ3) is 5.76. The number of piperidine rings is 1. The van der Waals surface area contributed by atoms with Gasteiger partial charge in [-0.15, -0.1) is 0 Å².